The number of guanidine groups is 1. The Hall–Kier alpha value is -1.55. The predicted molar refractivity (Wildman–Crippen MR) is 83.0 cm³/mol. The van der Waals surface area contributed by atoms with Crippen LogP contribution in [0.4, 0.5) is 0 Å². The summed E-state index contributed by atoms with van der Waals surface area (Å²) in [6, 6.07) is 10.4. The van der Waals surface area contributed by atoms with E-state index in [4.69, 9.17) is 0 Å². The smallest absolute Gasteiger partial charge is 0.191 e. The molecule has 4 heteroatoms. The summed E-state index contributed by atoms with van der Waals surface area (Å²) in [5.74, 6) is 1.12. The molecule has 1 aromatic rings. The molecule has 0 amide bonds. The van der Waals surface area contributed by atoms with E-state index in [1.807, 2.05) is 18.2 Å². The Morgan fingerprint density at radius 3 is 2.70 bits per heavy atom. The summed E-state index contributed by atoms with van der Waals surface area (Å²) < 4.78 is 0. The van der Waals surface area contributed by atoms with E-state index in [1.165, 1.54) is 5.56 Å². The van der Waals surface area contributed by atoms with E-state index in [0.29, 0.717) is 0 Å². The molecule has 110 valence electrons. The molecule has 0 saturated carbocycles. The highest BCUT2D eigenvalue weighted by molar-refractivity contribution is 5.80. The normalized spacial score (nSPS) is 17.1. The Labute approximate surface area is 121 Å². The first kappa shape index (κ1) is 14.9. The first-order valence-electron chi connectivity index (χ1n) is 7.31. The second-order valence-electron chi connectivity index (χ2n) is 6.00. The molecule has 0 saturated heterocycles. The van der Waals surface area contributed by atoms with E-state index in [9.17, 15) is 5.11 Å². The van der Waals surface area contributed by atoms with Crippen LogP contribution in [0, 0.1) is 5.41 Å². The minimum Gasteiger partial charge on any atom is -0.396 e. The van der Waals surface area contributed by atoms with Gasteiger partial charge in [-0.2, -0.15) is 0 Å². The standard InChI is InChI=1S/C16H25N3O/c1-16(2,12-20)14(13-7-4-3-5-8-13)11-19-15-17-9-6-10-18-15/h3-5,7-8,14,20H,6,9-12H2,1-2H3,(H2,17,18,19). The third kappa shape index (κ3) is 3.73. The topological polar surface area (TPSA) is 56.6 Å². The lowest BCUT2D eigenvalue weighted by atomic mass is 9.75. The maximum absolute atomic E-state index is 9.69. The number of nitrogens with one attached hydrogen (secondary N) is 2. The first-order valence-corrected chi connectivity index (χ1v) is 7.31. The predicted octanol–water partition coefficient (Wildman–Crippen LogP) is 1.73. The highest BCUT2D eigenvalue weighted by atomic mass is 16.3. The average Bonchev–Trinajstić information content (AvgIpc) is 2.49. The van der Waals surface area contributed by atoms with Crippen molar-refractivity contribution in [3.63, 3.8) is 0 Å². The van der Waals surface area contributed by atoms with Crippen LogP contribution in [-0.2, 0) is 0 Å². The zero-order valence-corrected chi connectivity index (χ0v) is 12.4. The minimum atomic E-state index is -0.177. The second kappa shape index (κ2) is 6.75. The van der Waals surface area contributed by atoms with Gasteiger partial charge in [0.1, 0.15) is 0 Å². The Bertz CT molecular complexity index is 442. The van der Waals surface area contributed by atoms with E-state index < -0.39 is 0 Å². The van der Waals surface area contributed by atoms with Gasteiger partial charge >= 0.3 is 0 Å². The number of hydrogen-bond donors (Lipinski definition) is 3. The van der Waals surface area contributed by atoms with Gasteiger partial charge in [-0.15, -0.1) is 0 Å². The van der Waals surface area contributed by atoms with Gasteiger partial charge in [0.2, 0.25) is 0 Å². The van der Waals surface area contributed by atoms with Crippen molar-refractivity contribution in [1.29, 1.82) is 0 Å². The fraction of sp³-hybridized carbons (Fsp3) is 0.562. The molecule has 3 N–H and O–H groups in total. The van der Waals surface area contributed by atoms with Crippen LogP contribution in [0.3, 0.4) is 0 Å². The Kier molecular flexibility index (Phi) is 5.01. The summed E-state index contributed by atoms with van der Waals surface area (Å²) in [6.45, 7) is 6.99. The van der Waals surface area contributed by atoms with Crippen LogP contribution in [-0.4, -0.2) is 37.3 Å². The molecule has 0 aromatic heterocycles. The largest absolute Gasteiger partial charge is 0.396 e. The van der Waals surface area contributed by atoms with Crippen molar-refractivity contribution in [1.82, 2.24) is 10.6 Å². The zero-order valence-electron chi connectivity index (χ0n) is 12.4. The van der Waals surface area contributed by atoms with Gasteiger partial charge < -0.3 is 15.7 Å². The molecule has 0 bridgehead atoms. The first-order chi connectivity index (χ1) is 9.63. The van der Waals surface area contributed by atoms with Gasteiger partial charge in [-0.05, 0) is 17.4 Å². The van der Waals surface area contributed by atoms with Crippen molar-refractivity contribution in [2.24, 2.45) is 10.4 Å². The monoisotopic (exact) mass is 275 g/mol. The Balaban J connectivity index is 2.09. The van der Waals surface area contributed by atoms with E-state index in [2.05, 4.69) is 41.6 Å². The summed E-state index contributed by atoms with van der Waals surface area (Å²) >= 11 is 0. The van der Waals surface area contributed by atoms with Gasteiger partial charge in [0.25, 0.3) is 0 Å². The summed E-state index contributed by atoms with van der Waals surface area (Å²) in [4.78, 5) is 4.43. The van der Waals surface area contributed by atoms with Gasteiger partial charge in [0, 0.05) is 32.2 Å². The summed E-state index contributed by atoms with van der Waals surface area (Å²) in [7, 11) is 0. The fourth-order valence-electron chi connectivity index (χ4n) is 2.49. The van der Waals surface area contributed by atoms with E-state index in [0.717, 1.165) is 32.0 Å². The van der Waals surface area contributed by atoms with Crippen molar-refractivity contribution < 1.29 is 5.11 Å². The van der Waals surface area contributed by atoms with Gasteiger partial charge in [-0.1, -0.05) is 44.2 Å². The Morgan fingerprint density at radius 1 is 1.35 bits per heavy atom. The van der Waals surface area contributed by atoms with Crippen molar-refractivity contribution in [3.05, 3.63) is 35.9 Å². The van der Waals surface area contributed by atoms with Crippen LogP contribution in [0.2, 0.25) is 0 Å². The van der Waals surface area contributed by atoms with Crippen LogP contribution in [0.1, 0.15) is 31.7 Å². The maximum atomic E-state index is 9.69. The van der Waals surface area contributed by atoms with Gasteiger partial charge in [0.05, 0.1) is 0 Å². The van der Waals surface area contributed by atoms with E-state index in [1.54, 1.807) is 0 Å². The number of benzene rings is 1. The number of rotatable bonds is 5. The third-order valence-corrected chi connectivity index (χ3v) is 3.92. The van der Waals surface area contributed by atoms with Crippen LogP contribution >= 0.6 is 0 Å². The fourth-order valence-corrected chi connectivity index (χ4v) is 2.49. The molecule has 1 unspecified atom stereocenters. The quantitative estimate of drug-likeness (QED) is 0.767. The molecule has 4 nitrogen and oxygen atoms in total. The van der Waals surface area contributed by atoms with E-state index in [-0.39, 0.29) is 17.9 Å². The molecular weight excluding hydrogens is 250 g/mol. The van der Waals surface area contributed by atoms with Crippen molar-refractivity contribution in [2.45, 2.75) is 26.2 Å². The van der Waals surface area contributed by atoms with Gasteiger partial charge in [-0.3, -0.25) is 4.99 Å². The van der Waals surface area contributed by atoms with Crippen molar-refractivity contribution in [3.8, 4) is 0 Å². The van der Waals surface area contributed by atoms with Gasteiger partial charge in [-0.25, -0.2) is 0 Å². The van der Waals surface area contributed by atoms with Crippen molar-refractivity contribution >= 4 is 5.96 Å². The molecule has 1 atom stereocenters. The summed E-state index contributed by atoms with van der Waals surface area (Å²) in [5.41, 5.74) is 1.07. The third-order valence-electron chi connectivity index (χ3n) is 3.92. The average molecular weight is 275 g/mol. The van der Waals surface area contributed by atoms with E-state index >= 15 is 0 Å². The van der Waals surface area contributed by atoms with Crippen LogP contribution in [0.15, 0.2) is 35.3 Å². The lowest BCUT2D eigenvalue weighted by Gasteiger charge is -2.34. The molecule has 0 radical (unpaired) electrons. The Morgan fingerprint density at radius 2 is 2.10 bits per heavy atom. The molecule has 1 aliphatic heterocycles. The van der Waals surface area contributed by atoms with Gasteiger partial charge in [0.15, 0.2) is 5.96 Å². The summed E-state index contributed by atoms with van der Waals surface area (Å²) in [5, 5.41) is 16.3. The number of aliphatic hydroxyl groups excluding tert-OH is 1. The SMILES string of the molecule is CC(C)(CO)C(CNC1=NCCCN1)c1ccccc1. The molecule has 1 aliphatic rings. The number of nitrogens with zero attached hydrogens (tertiary/aromatic N) is 1. The lowest BCUT2D eigenvalue weighted by Crippen LogP contribution is -2.44. The van der Waals surface area contributed by atoms with Crippen molar-refractivity contribution in [2.75, 3.05) is 26.2 Å². The number of aliphatic hydroxyl groups is 1. The van der Waals surface area contributed by atoms with Crippen LogP contribution < -0.4 is 10.6 Å². The number of aliphatic imine (C=N–C) groups is 1. The molecule has 20 heavy (non-hydrogen) atoms. The molecule has 0 fully saturated rings. The minimum absolute atomic E-state index is 0.161. The molecule has 1 aromatic carbocycles. The maximum Gasteiger partial charge on any atom is 0.191 e. The van der Waals surface area contributed by atoms with Crippen LogP contribution in [0.5, 0.6) is 0 Å². The number of hydrogen-bond acceptors (Lipinski definition) is 4. The molecule has 1 heterocycles. The van der Waals surface area contributed by atoms with Crippen LogP contribution in [0.25, 0.3) is 0 Å². The lowest BCUT2D eigenvalue weighted by molar-refractivity contribution is 0.131. The molecule has 0 spiro atoms. The molecular formula is C16H25N3O. The highest BCUT2D eigenvalue weighted by Crippen LogP contribution is 2.34. The molecule has 2 rings (SSSR count). The second-order valence-corrected chi connectivity index (χ2v) is 6.00. The summed E-state index contributed by atoms with van der Waals surface area (Å²) in [6.07, 6.45) is 1.09. The highest BCUT2D eigenvalue weighted by Gasteiger charge is 2.30. The molecule has 0 aliphatic carbocycles. The zero-order chi connectivity index (χ0) is 14.4.